The minimum Gasteiger partial charge on any atom is -0.458 e. The van der Waals surface area contributed by atoms with Crippen molar-refractivity contribution in [2.45, 2.75) is 185 Å². The molecule has 55 heavy (non-hydrogen) atoms. The van der Waals surface area contributed by atoms with E-state index < -0.39 is 78.7 Å². The first-order valence-electron chi connectivity index (χ1n) is 20.6. The van der Waals surface area contributed by atoms with Crippen LogP contribution in [0.3, 0.4) is 0 Å². The summed E-state index contributed by atoms with van der Waals surface area (Å²) in [5.74, 6) is -0.00508. The summed E-state index contributed by atoms with van der Waals surface area (Å²) in [5.41, 5.74) is -1.33. The lowest BCUT2D eigenvalue weighted by atomic mass is 9.42. The predicted octanol–water partition coefficient (Wildman–Crippen LogP) is 2.88. The fourth-order valence-electron chi connectivity index (χ4n) is 12.1. The first kappa shape index (κ1) is 41.3. The number of aldehydes is 2. The molecule has 0 spiro atoms. The molecule has 4 N–H and O–H groups in total. The molecule has 1 unspecified atom stereocenters. The molecule has 7 aliphatic rings. The molecule has 310 valence electrons. The molecule has 14 heteroatoms. The summed E-state index contributed by atoms with van der Waals surface area (Å²) in [5, 5.41) is 46.6. The van der Waals surface area contributed by atoms with Crippen molar-refractivity contribution in [1.82, 2.24) is 0 Å². The van der Waals surface area contributed by atoms with Gasteiger partial charge < -0.3 is 63.2 Å². The average molecular weight is 779 g/mol. The van der Waals surface area contributed by atoms with E-state index in [0.29, 0.717) is 43.3 Å². The average Bonchev–Trinajstić information content (AvgIpc) is 3.68. The van der Waals surface area contributed by atoms with E-state index in [1.54, 1.807) is 6.92 Å². The molecule has 0 aromatic rings. The maximum absolute atomic E-state index is 12.6. The summed E-state index contributed by atoms with van der Waals surface area (Å²) < 4.78 is 41.6. The molecule has 0 radical (unpaired) electrons. The molecular weight excluding hydrogens is 716 g/mol. The van der Waals surface area contributed by atoms with E-state index in [1.165, 1.54) is 6.92 Å². The smallest absolute Gasteiger partial charge is 0.334 e. The van der Waals surface area contributed by atoms with Crippen LogP contribution in [0.25, 0.3) is 0 Å². The zero-order chi connectivity index (χ0) is 39.4. The first-order valence-corrected chi connectivity index (χ1v) is 20.6. The van der Waals surface area contributed by atoms with Crippen LogP contribution < -0.4 is 0 Å². The Balaban J connectivity index is 0.919. The normalized spacial score (nSPS) is 49.5. The quantitative estimate of drug-likeness (QED) is 0.0977. The van der Waals surface area contributed by atoms with Crippen LogP contribution in [0.2, 0.25) is 0 Å². The topological polar surface area (TPSA) is 197 Å². The van der Waals surface area contributed by atoms with E-state index in [4.69, 9.17) is 33.2 Å². The Kier molecular flexibility index (Phi) is 12.1. The number of esters is 1. The third kappa shape index (κ3) is 7.40. The standard InChI is InChI=1S/C41H62O14/c1-21(20-43)50-33(10-14-42)54-36-22(2)52-35(19-31(36)45)55-37-23(3)51-34(18-30(37)44)53-25-8-12-39(4)24(16-25)6-7-28-29(39)17-32(46)40(5)27(9-13-41(28,40)48)26-11-15-49-38(26)47/h11,14,20-25,27-37,44-46,48H,6-10,12-13,15-19H2,1-5H3/t21-,22-,23-,24-,25+,27-,28-,29+,30+,31+,32-,33+,34+,35+,36-,37-,39+,40+,41?/m1/s1. The molecule has 2 saturated heterocycles. The van der Waals surface area contributed by atoms with Gasteiger partial charge >= 0.3 is 5.97 Å². The van der Waals surface area contributed by atoms with Gasteiger partial charge in [0.2, 0.25) is 0 Å². The first-order chi connectivity index (χ1) is 26.1. The summed E-state index contributed by atoms with van der Waals surface area (Å²) in [6.07, 6.45) is 0.596. The van der Waals surface area contributed by atoms with E-state index in [1.807, 2.05) is 19.9 Å². The van der Waals surface area contributed by atoms with Gasteiger partial charge in [0.05, 0.1) is 48.6 Å². The van der Waals surface area contributed by atoms with Crippen LogP contribution >= 0.6 is 0 Å². The summed E-state index contributed by atoms with van der Waals surface area (Å²) in [6, 6.07) is 0. The van der Waals surface area contributed by atoms with E-state index >= 15 is 0 Å². The lowest BCUT2D eigenvalue weighted by Crippen LogP contribution is -2.67. The molecule has 6 fully saturated rings. The monoisotopic (exact) mass is 778 g/mol. The second-order valence-electron chi connectivity index (χ2n) is 18.0. The number of carbonyl (C=O) groups excluding carboxylic acids is 3. The van der Waals surface area contributed by atoms with Crippen LogP contribution in [0.4, 0.5) is 0 Å². The molecule has 4 aliphatic carbocycles. The second-order valence-corrected chi connectivity index (χ2v) is 18.0. The number of fused-ring (bicyclic) bond motifs is 5. The van der Waals surface area contributed by atoms with Crippen LogP contribution in [-0.4, -0.2) is 125 Å². The Labute approximate surface area is 323 Å². The van der Waals surface area contributed by atoms with Crippen molar-refractivity contribution >= 4 is 18.5 Å². The van der Waals surface area contributed by atoms with Crippen molar-refractivity contribution in [2.24, 2.45) is 34.5 Å². The molecule has 3 aliphatic heterocycles. The number of aliphatic hydroxyl groups is 4. The Morgan fingerprint density at radius 2 is 1.58 bits per heavy atom. The van der Waals surface area contributed by atoms with E-state index in [0.717, 1.165) is 32.1 Å². The SMILES string of the molecule is C[C@H](C=O)O[C@H](CC=O)O[C@H]1[C@@H](O)C[C@H](O[C@H]2[C@@H](O)C[C@H](O[C@H]3CC[C@@]4(C)[C@H](CC[C@@H]5[C@@H]4C[C@@H](O)[C@]4(C)[C@@H](C6=CCOC6=O)CCC54O)C3)O[C@@H]2C)O[C@@H]1C. The lowest BCUT2D eigenvalue weighted by molar-refractivity contribution is -0.328. The zero-order valence-corrected chi connectivity index (χ0v) is 32.8. The molecule has 4 saturated carbocycles. The van der Waals surface area contributed by atoms with Crippen LogP contribution in [0.1, 0.15) is 105 Å². The van der Waals surface area contributed by atoms with Gasteiger partial charge in [0, 0.05) is 29.7 Å². The summed E-state index contributed by atoms with van der Waals surface area (Å²) in [7, 11) is 0. The minimum atomic E-state index is -1.06. The maximum Gasteiger partial charge on any atom is 0.334 e. The molecule has 19 atom stereocenters. The third-order valence-electron chi connectivity index (χ3n) is 15.1. The highest BCUT2D eigenvalue weighted by molar-refractivity contribution is 5.91. The number of hydrogen-bond donors (Lipinski definition) is 4. The van der Waals surface area contributed by atoms with Crippen molar-refractivity contribution in [3.05, 3.63) is 11.6 Å². The van der Waals surface area contributed by atoms with Gasteiger partial charge in [-0.05, 0) is 101 Å². The second kappa shape index (κ2) is 16.1. The zero-order valence-electron chi connectivity index (χ0n) is 32.8. The molecule has 7 rings (SSSR count). The number of carbonyl (C=O) groups is 3. The van der Waals surface area contributed by atoms with Crippen LogP contribution in [-0.2, 0) is 47.5 Å². The minimum absolute atomic E-state index is 0.0403. The fraction of sp³-hybridized carbons (Fsp3) is 0.878. The van der Waals surface area contributed by atoms with Crippen molar-refractivity contribution in [1.29, 1.82) is 0 Å². The highest BCUT2D eigenvalue weighted by Crippen LogP contribution is 2.70. The number of ether oxygens (including phenoxy) is 7. The Bertz CT molecular complexity index is 1420. The Morgan fingerprint density at radius 1 is 0.891 bits per heavy atom. The summed E-state index contributed by atoms with van der Waals surface area (Å²) >= 11 is 0. The number of aliphatic hydroxyl groups excluding tert-OH is 3. The van der Waals surface area contributed by atoms with Gasteiger partial charge in [-0.3, -0.25) is 0 Å². The Hall–Kier alpha value is -1.85. The number of cyclic esters (lactones) is 1. The largest absolute Gasteiger partial charge is 0.458 e. The van der Waals surface area contributed by atoms with Gasteiger partial charge in [0.25, 0.3) is 0 Å². The van der Waals surface area contributed by atoms with Gasteiger partial charge in [0.1, 0.15) is 37.5 Å². The molecule has 3 heterocycles. The molecule has 0 amide bonds. The molecule has 0 aromatic carbocycles. The lowest BCUT2D eigenvalue weighted by Gasteiger charge is -2.65. The number of rotatable bonds is 12. The van der Waals surface area contributed by atoms with E-state index in [2.05, 4.69) is 6.92 Å². The fourth-order valence-corrected chi connectivity index (χ4v) is 12.1. The van der Waals surface area contributed by atoms with Crippen molar-refractivity contribution in [2.75, 3.05) is 6.61 Å². The Morgan fingerprint density at radius 3 is 2.22 bits per heavy atom. The van der Waals surface area contributed by atoms with Crippen molar-refractivity contribution in [3.8, 4) is 0 Å². The van der Waals surface area contributed by atoms with Crippen LogP contribution in [0, 0.1) is 34.5 Å². The predicted molar refractivity (Wildman–Crippen MR) is 193 cm³/mol. The van der Waals surface area contributed by atoms with Crippen LogP contribution in [0.5, 0.6) is 0 Å². The maximum atomic E-state index is 12.6. The molecular formula is C41H62O14. The van der Waals surface area contributed by atoms with E-state index in [9.17, 15) is 34.8 Å². The molecule has 14 nitrogen and oxygen atoms in total. The van der Waals surface area contributed by atoms with Crippen LogP contribution in [0.15, 0.2) is 11.6 Å². The highest BCUT2D eigenvalue weighted by atomic mass is 16.7. The van der Waals surface area contributed by atoms with Gasteiger partial charge in [0.15, 0.2) is 18.9 Å². The molecule has 0 bridgehead atoms. The molecule has 0 aromatic heterocycles. The van der Waals surface area contributed by atoms with E-state index in [-0.39, 0.29) is 61.1 Å². The summed E-state index contributed by atoms with van der Waals surface area (Å²) in [4.78, 5) is 34.8. The van der Waals surface area contributed by atoms with Gasteiger partial charge in [-0.15, -0.1) is 0 Å². The van der Waals surface area contributed by atoms with Crippen molar-refractivity contribution in [3.63, 3.8) is 0 Å². The summed E-state index contributed by atoms with van der Waals surface area (Å²) in [6.45, 7) is 9.65. The van der Waals surface area contributed by atoms with Gasteiger partial charge in [-0.25, -0.2) is 4.79 Å². The van der Waals surface area contributed by atoms with Crippen molar-refractivity contribution < 1.29 is 68.0 Å². The highest BCUT2D eigenvalue weighted by Gasteiger charge is 2.71. The van der Waals surface area contributed by atoms with Gasteiger partial charge in [-0.2, -0.15) is 0 Å². The van der Waals surface area contributed by atoms with Gasteiger partial charge in [-0.1, -0.05) is 13.8 Å². The third-order valence-corrected chi connectivity index (χ3v) is 15.1. The number of hydrogen-bond acceptors (Lipinski definition) is 14.